The molecule has 1 aliphatic rings. The molecule has 2 N–H and O–H groups in total. The van der Waals surface area contributed by atoms with Crippen molar-refractivity contribution in [3.63, 3.8) is 0 Å². The highest BCUT2D eigenvalue weighted by atomic mass is 16.2. The first-order chi connectivity index (χ1) is 9.97. The molecule has 2 rings (SSSR count). The van der Waals surface area contributed by atoms with Gasteiger partial charge in [-0.25, -0.2) is 0 Å². The number of aromatic nitrogens is 3. The van der Waals surface area contributed by atoms with Gasteiger partial charge in [0.15, 0.2) is 0 Å². The summed E-state index contributed by atoms with van der Waals surface area (Å²) < 4.78 is 0. The van der Waals surface area contributed by atoms with E-state index in [0.717, 1.165) is 25.9 Å². The van der Waals surface area contributed by atoms with E-state index in [1.807, 2.05) is 0 Å². The molecule has 1 saturated heterocycles. The van der Waals surface area contributed by atoms with Crippen LogP contribution in [0.15, 0.2) is 0 Å². The number of carbonyl (C=O) groups is 1. The summed E-state index contributed by atoms with van der Waals surface area (Å²) in [7, 11) is 5.21. The Hall–Kier alpha value is -2.12. The van der Waals surface area contributed by atoms with Gasteiger partial charge in [0, 0.05) is 34.2 Å². The van der Waals surface area contributed by atoms with Crippen molar-refractivity contribution < 1.29 is 4.79 Å². The van der Waals surface area contributed by atoms with Crippen molar-refractivity contribution in [3.05, 3.63) is 0 Å². The summed E-state index contributed by atoms with van der Waals surface area (Å²) in [6, 6.07) is 0. The molecule has 8 heteroatoms. The predicted octanol–water partition coefficient (Wildman–Crippen LogP) is -0.0315. The molecule has 0 saturated carbocycles. The van der Waals surface area contributed by atoms with Crippen LogP contribution >= 0.6 is 0 Å². The van der Waals surface area contributed by atoms with Crippen molar-refractivity contribution in [3.8, 4) is 0 Å². The average Bonchev–Trinajstić information content (AvgIpc) is 2.47. The van der Waals surface area contributed by atoms with Crippen LogP contribution < -0.4 is 15.5 Å². The average molecular weight is 293 g/mol. The second-order valence-corrected chi connectivity index (χ2v) is 5.49. The minimum atomic E-state index is -0.0176. The van der Waals surface area contributed by atoms with Crippen LogP contribution in [0.4, 0.5) is 17.8 Å². The molecule has 1 aromatic rings. The van der Waals surface area contributed by atoms with E-state index in [1.54, 1.807) is 26.0 Å². The summed E-state index contributed by atoms with van der Waals surface area (Å²) >= 11 is 0. The van der Waals surface area contributed by atoms with E-state index in [1.165, 1.54) is 11.3 Å². The molecule has 0 aromatic carbocycles. The molecule has 1 amide bonds. The van der Waals surface area contributed by atoms with E-state index in [-0.39, 0.29) is 18.4 Å². The van der Waals surface area contributed by atoms with Gasteiger partial charge < -0.3 is 20.4 Å². The topological polar surface area (TPSA) is 91.5 Å². The third-order valence-electron chi connectivity index (χ3n) is 3.48. The molecular weight excluding hydrogens is 270 g/mol. The molecule has 0 bridgehead atoms. The smallest absolute Gasteiger partial charge is 0.241 e. The van der Waals surface area contributed by atoms with Gasteiger partial charge in [-0.1, -0.05) is 0 Å². The van der Waals surface area contributed by atoms with E-state index in [2.05, 4.69) is 19.9 Å². The number of piperidine rings is 1. The van der Waals surface area contributed by atoms with Crippen LogP contribution in [0.1, 0.15) is 19.3 Å². The fourth-order valence-electron chi connectivity index (χ4n) is 2.19. The number of rotatable bonds is 4. The summed E-state index contributed by atoms with van der Waals surface area (Å²) in [5.41, 5.74) is 5.78. The van der Waals surface area contributed by atoms with Crippen LogP contribution in [0.5, 0.6) is 0 Å². The van der Waals surface area contributed by atoms with Gasteiger partial charge in [-0.2, -0.15) is 15.0 Å². The van der Waals surface area contributed by atoms with Gasteiger partial charge in [0.25, 0.3) is 0 Å². The minimum Gasteiger partial charge on any atom is -0.368 e. The van der Waals surface area contributed by atoms with Gasteiger partial charge in [-0.3, -0.25) is 4.79 Å². The number of hydrogen-bond donors (Lipinski definition) is 1. The molecule has 1 fully saturated rings. The van der Waals surface area contributed by atoms with Crippen molar-refractivity contribution >= 4 is 23.8 Å². The number of carbonyl (C=O) groups excluding carboxylic acids is 1. The zero-order valence-electron chi connectivity index (χ0n) is 12.9. The molecule has 1 aromatic heterocycles. The van der Waals surface area contributed by atoms with Crippen molar-refractivity contribution in [1.29, 1.82) is 0 Å². The van der Waals surface area contributed by atoms with Crippen LogP contribution in [-0.4, -0.2) is 66.5 Å². The Morgan fingerprint density at radius 2 is 1.81 bits per heavy atom. The van der Waals surface area contributed by atoms with Gasteiger partial charge >= 0.3 is 0 Å². The molecule has 0 spiro atoms. The van der Waals surface area contributed by atoms with Crippen molar-refractivity contribution in [2.24, 2.45) is 0 Å². The number of likely N-dealkylation sites (N-methyl/N-ethyl adjacent to an activating group) is 2. The van der Waals surface area contributed by atoms with Crippen molar-refractivity contribution in [2.45, 2.75) is 19.3 Å². The molecule has 2 heterocycles. The highest BCUT2D eigenvalue weighted by Crippen LogP contribution is 2.18. The Morgan fingerprint density at radius 3 is 2.43 bits per heavy atom. The Morgan fingerprint density at radius 1 is 1.14 bits per heavy atom. The quantitative estimate of drug-likeness (QED) is 0.833. The van der Waals surface area contributed by atoms with Crippen LogP contribution in [0.2, 0.25) is 0 Å². The first-order valence-electron chi connectivity index (χ1n) is 7.15. The van der Waals surface area contributed by atoms with Gasteiger partial charge in [0.1, 0.15) is 0 Å². The standard InChI is InChI=1S/C13H23N7O/c1-18(2)10(21)9-19(3)12-15-11(14)16-13(17-12)20-7-5-4-6-8-20/h4-9H2,1-3H3,(H2,14,15,16,17). The van der Waals surface area contributed by atoms with Gasteiger partial charge in [-0.05, 0) is 19.3 Å². The first kappa shape index (κ1) is 15.3. The second kappa shape index (κ2) is 6.55. The van der Waals surface area contributed by atoms with E-state index in [4.69, 9.17) is 5.73 Å². The lowest BCUT2D eigenvalue weighted by Crippen LogP contribution is -2.36. The molecule has 0 aliphatic carbocycles. The summed E-state index contributed by atoms with van der Waals surface area (Å²) in [5.74, 6) is 1.19. The van der Waals surface area contributed by atoms with Crippen LogP contribution in [0.25, 0.3) is 0 Å². The third-order valence-corrected chi connectivity index (χ3v) is 3.48. The molecule has 0 unspecified atom stereocenters. The minimum absolute atomic E-state index is 0.0176. The number of hydrogen-bond acceptors (Lipinski definition) is 7. The predicted molar refractivity (Wildman–Crippen MR) is 82.3 cm³/mol. The SMILES string of the molecule is CN(C)C(=O)CN(C)c1nc(N)nc(N2CCCCC2)n1. The maximum absolute atomic E-state index is 11.8. The number of nitrogen functional groups attached to an aromatic ring is 1. The zero-order chi connectivity index (χ0) is 15.4. The van der Waals surface area contributed by atoms with Crippen molar-refractivity contribution in [2.75, 3.05) is 56.3 Å². The maximum atomic E-state index is 11.8. The molecule has 0 radical (unpaired) electrons. The van der Waals surface area contributed by atoms with Crippen LogP contribution in [-0.2, 0) is 4.79 Å². The number of anilines is 3. The molecule has 1 aliphatic heterocycles. The van der Waals surface area contributed by atoms with Gasteiger partial charge in [-0.15, -0.1) is 0 Å². The Labute approximate surface area is 125 Å². The van der Waals surface area contributed by atoms with Crippen LogP contribution in [0, 0.1) is 0 Å². The highest BCUT2D eigenvalue weighted by molar-refractivity contribution is 5.80. The van der Waals surface area contributed by atoms with Gasteiger partial charge in [0.05, 0.1) is 6.54 Å². The number of nitrogens with zero attached hydrogens (tertiary/aromatic N) is 6. The second-order valence-electron chi connectivity index (χ2n) is 5.49. The lowest BCUT2D eigenvalue weighted by molar-refractivity contribution is -0.127. The Bertz CT molecular complexity index is 499. The molecule has 0 atom stereocenters. The van der Waals surface area contributed by atoms with E-state index >= 15 is 0 Å². The molecule has 21 heavy (non-hydrogen) atoms. The highest BCUT2D eigenvalue weighted by Gasteiger charge is 2.18. The lowest BCUT2D eigenvalue weighted by atomic mass is 10.1. The molecular formula is C13H23N7O. The normalized spacial score (nSPS) is 14.9. The van der Waals surface area contributed by atoms with E-state index in [9.17, 15) is 4.79 Å². The largest absolute Gasteiger partial charge is 0.368 e. The summed E-state index contributed by atoms with van der Waals surface area (Å²) in [6.07, 6.45) is 3.51. The van der Waals surface area contributed by atoms with E-state index < -0.39 is 0 Å². The molecule has 8 nitrogen and oxygen atoms in total. The summed E-state index contributed by atoms with van der Waals surface area (Å²) in [4.78, 5) is 29.9. The Kier molecular flexibility index (Phi) is 4.77. The Balaban J connectivity index is 2.15. The maximum Gasteiger partial charge on any atom is 0.241 e. The summed E-state index contributed by atoms with van der Waals surface area (Å²) in [5, 5.41) is 0. The fourth-order valence-corrected chi connectivity index (χ4v) is 2.19. The third kappa shape index (κ3) is 3.93. The van der Waals surface area contributed by atoms with Crippen LogP contribution in [0.3, 0.4) is 0 Å². The van der Waals surface area contributed by atoms with Crippen molar-refractivity contribution in [1.82, 2.24) is 19.9 Å². The number of amides is 1. The monoisotopic (exact) mass is 293 g/mol. The number of nitrogens with two attached hydrogens (primary N) is 1. The summed E-state index contributed by atoms with van der Waals surface area (Å²) in [6.45, 7) is 2.07. The fraction of sp³-hybridized carbons (Fsp3) is 0.692. The zero-order valence-corrected chi connectivity index (χ0v) is 12.9. The molecule has 116 valence electrons. The van der Waals surface area contributed by atoms with E-state index in [0.29, 0.717) is 11.9 Å². The van der Waals surface area contributed by atoms with Gasteiger partial charge in [0.2, 0.25) is 23.8 Å². The lowest BCUT2D eigenvalue weighted by Gasteiger charge is -2.27. The first-order valence-corrected chi connectivity index (χ1v) is 7.15.